The number of ether oxygens (including phenoxy) is 2. The van der Waals surface area contributed by atoms with E-state index in [9.17, 15) is 9.18 Å². The van der Waals surface area contributed by atoms with Gasteiger partial charge in [-0.2, -0.15) is 9.97 Å². The van der Waals surface area contributed by atoms with E-state index in [0.29, 0.717) is 36.9 Å². The van der Waals surface area contributed by atoms with Gasteiger partial charge in [0.05, 0.1) is 20.7 Å². The molecule has 4 saturated heterocycles. The first-order chi connectivity index (χ1) is 18.4. The molecule has 0 saturated carbocycles. The van der Waals surface area contributed by atoms with Crippen LogP contribution in [0.4, 0.5) is 13.6 Å². The first-order valence-corrected chi connectivity index (χ1v) is 15.0. The monoisotopic (exact) mass is 626 g/mol. The summed E-state index contributed by atoms with van der Waals surface area (Å²) < 4.78 is 41.8. The fourth-order valence-electron chi connectivity index (χ4n) is 7.21. The molecular weight excluding hydrogens is 594 g/mol. The van der Waals surface area contributed by atoms with Crippen LogP contribution in [-0.2, 0) is 4.74 Å². The minimum Gasteiger partial charge on any atom is -0.461 e. The molecule has 5 heterocycles. The maximum absolute atomic E-state index is 15.5. The van der Waals surface area contributed by atoms with Gasteiger partial charge in [0.25, 0.3) is 0 Å². The molecule has 1 aromatic heterocycles. The van der Waals surface area contributed by atoms with Gasteiger partial charge in [-0.1, -0.05) is 11.6 Å². The highest BCUT2D eigenvalue weighted by atomic mass is 79.9. The van der Waals surface area contributed by atoms with Gasteiger partial charge in [-0.3, -0.25) is 4.90 Å². The molecule has 0 spiro atoms. The van der Waals surface area contributed by atoms with Crippen molar-refractivity contribution in [2.45, 2.75) is 101 Å². The zero-order valence-corrected chi connectivity index (χ0v) is 24.8. The molecule has 7 nitrogen and oxygen atoms in total. The number of carbonyl (C=O) groups is 1. The molecule has 0 N–H and O–H groups in total. The molecule has 6 rings (SSSR count). The lowest BCUT2D eigenvalue weighted by molar-refractivity contribution is 0.00571. The Hall–Kier alpha value is -1.78. The van der Waals surface area contributed by atoms with E-state index in [2.05, 4.69) is 25.8 Å². The third-order valence-electron chi connectivity index (χ3n) is 8.79. The maximum Gasteiger partial charge on any atom is 0.410 e. The van der Waals surface area contributed by atoms with E-state index in [1.165, 1.54) is 0 Å². The Morgan fingerprint density at radius 2 is 1.97 bits per heavy atom. The molecule has 11 heteroatoms. The van der Waals surface area contributed by atoms with Crippen molar-refractivity contribution in [2.24, 2.45) is 0 Å². The number of amides is 1. The normalized spacial score (nSPS) is 30.7. The molecule has 1 amide bonds. The highest BCUT2D eigenvalue weighted by Gasteiger charge is 2.50. The Kier molecular flexibility index (Phi) is 6.98. The van der Waals surface area contributed by atoms with Crippen LogP contribution in [0.1, 0.15) is 77.3 Å². The fraction of sp³-hybridized carbons (Fsp3) is 0.679. The van der Waals surface area contributed by atoms with Crippen LogP contribution in [0, 0.1) is 5.82 Å². The number of carbonyl (C=O) groups excluding carboxylic acids is 1. The molecule has 2 aromatic rings. The molecule has 4 fully saturated rings. The van der Waals surface area contributed by atoms with Crippen LogP contribution in [0.5, 0.6) is 6.01 Å². The van der Waals surface area contributed by atoms with E-state index in [-0.39, 0.29) is 57.3 Å². The van der Waals surface area contributed by atoms with Crippen molar-refractivity contribution in [1.82, 2.24) is 19.8 Å². The molecule has 0 aliphatic carbocycles. The Morgan fingerprint density at radius 3 is 2.67 bits per heavy atom. The summed E-state index contributed by atoms with van der Waals surface area (Å²) in [4.78, 5) is 26.3. The smallest absolute Gasteiger partial charge is 0.410 e. The molecular formula is C28H34BrClF2N4O3. The predicted octanol–water partition coefficient (Wildman–Crippen LogP) is 6.79. The van der Waals surface area contributed by atoms with Gasteiger partial charge in [0.2, 0.25) is 0 Å². The largest absolute Gasteiger partial charge is 0.461 e. The topological polar surface area (TPSA) is 67.8 Å². The zero-order chi connectivity index (χ0) is 27.7. The van der Waals surface area contributed by atoms with Crippen LogP contribution in [0.2, 0.25) is 5.02 Å². The van der Waals surface area contributed by atoms with Gasteiger partial charge in [-0.05, 0) is 87.8 Å². The molecule has 1 aromatic carbocycles. The number of fused-ring (bicyclic) bond motifs is 4. The predicted molar refractivity (Wildman–Crippen MR) is 148 cm³/mol. The summed E-state index contributed by atoms with van der Waals surface area (Å²) >= 11 is 9.62. The van der Waals surface area contributed by atoms with Crippen molar-refractivity contribution in [2.75, 3.05) is 19.7 Å². The van der Waals surface area contributed by atoms with Crippen LogP contribution in [0.3, 0.4) is 0 Å². The first-order valence-electron chi connectivity index (χ1n) is 13.8. The average molecular weight is 628 g/mol. The summed E-state index contributed by atoms with van der Waals surface area (Å²) in [6.07, 6.45) is 4.25. The fourth-order valence-corrected chi connectivity index (χ4v) is 7.70. The van der Waals surface area contributed by atoms with Crippen LogP contribution in [0.25, 0.3) is 10.9 Å². The molecule has 4 aliphatic heterocycles. The number of rotatable bonds is 4. The summed E-state index contributed by atoms with van der Waals surface area (Å²) in [7, 11) is 0. The van der Waals surface area contributed by atoms with Crippen molar-refractivity contribution in [3.63, 3.8) is 0 Å². The van der Waals surface area contributed by atoms with Crippen molar-refractivity contribution in [1.29, 1.82) is 0 Å². The molecule has 4 aliphatic rings. The molecule has 2 unspecified atom stereocenters. The standard InChI is InChI=1S/C28H34BrClF2N4O3/c1-27(2,3)39-26(37)36-17-5-6-18(36)10-15(9-17)23-19-11-20(30)21(29)22(32)24(19)34-25(33-23)38-14-28-7-4-8-35(28)13-16(31)12-28/h11,15-18H,4-10,12-14H2,1-3H3/t15?,16-,17?,18?,28+/m1/s1. The number of nitrogens with zero attached hydrogens (tertiary/aromatic N) is 4. The first kappa shape index (κ1) is 27.4. The zero-order valence-electron chi connectivity index (χ0n) is 22.5. The summed E-state index contributed by atoms with van der Waals surface area (Å²) in [5.41, 5.74) is -0.113. The van der Waals surface area contributed by atoms with E-state index >= 15 is 4.39 Å². The number of piperidine rings is 1. The molecule has 2 bridgehead atoms. The van der Waals surface area contributed by atoms with Gasteiger partial charge >= 0.3 is 12.1 Å². The Bertz CT molecular complexity index is 1300. The van der Waals surface area contributed by atoms with Crippen molar-refractivity contribution in [3.05, 3.63) is 27.1 Å². The second kappa shape index (κ2) is 9.94. The quantitative estimate of drug-likeness (QED) is 0.348. The Morgan fingerprint density at radius 1 is 1.26 bits per heavy atom. The number of hydrogen-bond donors (Lipinski definition) is 0. The van der Waals surface area contributed by atoms with E-state index in [1.54, 1.807) is 6.07 Å². The van der Waals surface area contributed by atoms with Crippen LogP contribution >= 0.6 is 27.5 Å². The van der Waals surface area contributed by atoms with Crippen LogP contribution < -0.4 is 4.74 Å². The maximum atomic E-state index is 15.5. The van der Waals surface area contributed by atoms with Crippen molar-refractivity contribution >= 4 is 44.5 Å². The highest BCUT2D eigenvalue weighted by Crippen LogP contribution is 2.46. The van der Waals surface area contributed by atoms with Gasteiger partial charge in [0.1, 0.15) is 23.9 Å². The van der Waals surface area contributed by atoms with Crippen LogP contribution in [0.15, 0.2) is 10.5 Å². The SMILES string of the molecule is CC(C)(C)OC(=O)N1C2CCC1CC(c1nc(OC[C@@]34CCCN3C[C@H](F)C4)nc3c(F)c(Br)c(Cl)cc13)C2. The summed E-state index contributed by atoms with van der Waals surface area (Å²) in [6, 6.07) is 1.82. The molecule has 39 heavy (non-hydrogen) atoms. The van der Waals surface area contributed by atoms with Gasteiger partial charge in [0, 0.05) is 36.4 Å². The molecule has 4 atom stereocenters. The molecule has 0 radical (unpaired) electrons. The minimum atomic E-state index is -0.872. The van der Waals surface area contributed by atoms with Crippen molar-refractivity contribution < 1.29 is 23.0 Å². The number of alkyl halides is 1. The van der Waals surface area contributed by atoms with E-state index < -0.39 is 17.6 Å². The molecule has 212 valence electrons. The van der Waals surface area contributed by atoms with Gasteiger partial charge in [0.15, 0.2) is 5.82 Å². The summed E-state index contributed by atoms with van der Waals surface area (Å²) in [5.74, 6) is -0.598. The lowest BCUT2D eigenvalue weighted by Gasteiger charge is -2.39. The lowest BCUT2D eigenvalue weighted by atomic mass is 9.86. The number of hydrogen-bond acceptors (Lipinski definition) is 6. The highest BCUT2D eigenvalue weighted by molar-refractivity contribution is 9.10. The minimum absolute atomic E-state index is 0.0136. The third kappa shape index (κ3) is 4.99. The lowest BCUT2D eigenvalue weighted by Crippen LogP contribution is -2.48. The summed E-state index contributed by atoms with van der Waals surface area (Å²) in [5, 5.41) is 0.793. The Labute approximate surface area is 240 Å². The number of benzene rings is 1. The second-order valence-electron chi connectivity index (χ2n) is 12.6. The van der Waals surface area contributed by atoms with Gasteiger partial charge in [-0.15, -0.1) is 0 Å². The van der Waals surface area contributed by atoms with E-state index in [1.807, 2.05) is 25.7 Å². The average Bonchev–Trinajstić information content (AvgIpc) is 3.47. The number of aromatic nitrogens is 2. The van der Waals surface area contributed by atoms with E-state index in [4.69, 9.17) is 26.1 Å². The van der Waals surface area contributed by atoms with Crippen LogP contribution in [-0.4, -0.2) is 75.0 Å². The number of halogens is 4. The summed E-state index contributed by atoms with van der Waals surface area (Å²) in [6.45, 7) is 7.15. The van der Waals surface area contributed by atoms with Gasteiger partial charge < -0.3 is 14.4 Å². The van der Waals surface area contributed by atoms with E-state index in [0.717, 1.165) is 32.2 Å². The van der Waals surface area contributed by atoms with Crippen molar-refractivity contribution in [3.8, 4) is 6.01 Å². The second-order valence-corrected chi connectivity index (χ2v) is 13.8. The third-order valence-corrected chi connectivity index (χ3v) is 10.1. The van der Waals surface area contributed by atoms with Gasteiger partial charge in [-0.25, -0.2) is 13.6 Å². The Balaban J connectivity index is 1.32.